The second-order valence-corrected chi connectivity index (χ2v) is 5.40. The van der Waals surface area contributed by atoms with E-state index >= 15 is 0 Å². The summed E-state index contributed by atoms with van der Waals surface area (Å²) in [5, 5.41) is 12.8. The quantitative estimate of drug-likeness (QED) is 0.921. The van der Waals surface area contributed by atoms with Gasteiger partial charge in [0.05, 0.1) is 24.4 Å². The fourth-order valence-corrected chi connectivity index (χ4v) is 2.50. The molecule has 0 aliphatic carbocycles. The van der Waals surface area contributed by atoms with Crippen LogP contribution in [-0.2, 0) is 13.2 Å². The van der Waals surface area contributed by atoms with Crippen molar-refractivity contribution in [1.29, 1.82) is 0 Å². The van der Waals surface area contributed by atoms with Gasteiger partial charge >= 0.3 is 0 Å². The number of nitrogens with zero attached hydrogens (tertiary/aromatic N) is 1. The highest BCUT2D eigenvalue weighted by molar-refractivity contribution is 7.09. The maximum atomic E-state index is 9.36. The summed E-state index contributed by atoms with van der Waals surface area (Å²) in [7, 11) is 1.53. The lowest BCUT2D eigenvalue weighted by Crippen LogP contribution is -2.01. The molecule has 2 aromatic rings. The summed E-state index contributed by atoms with van der Waals surface area (Å²) >= 11 is 7.51. The summed E-state index contributed by atoms with van der Waals surface area (Å²) in [6.07, 6.45) is 0. The van der Waals surface area contributed by atoms with Gasteiger partial charge in [0.2, 0.25) is 0 Å². The number of hydrogen-bond donors (Lipinski definition) is 1. The van der Waals surface area contributed by atoms with Crippen molar-refractivity contribution in [2.45, 2.75) is 20.1 Å². The molecule has 102 valence electrons. The van der Waals surface area contributed by atoms with Gasteiger partial charge in [-0.1, -0.05) is 11.6 Å². The highest BCUT2D eigenvalue weighted by Gasteiger charge is 2.13. The second-order valence-electron chi connectivity index (χ2n) is 3.90. The first kappa shape index (κ1) is 14.1. The van der Waals surface area contributed by atoms with Gasteiger partial charge in [-0.2, -0.15) is 0 Å². The van der Waals surface area contributed by atoms with Crippen molar-refractivity contribution < 1.29 is 14.6 Å². The zero-order valence-corrected chi connectivity index (χ0v) is 12.2. The monoisotopic (exact) mass is 299 g/mol. The molecule has 4 nitrogen and oxygen atoms in total. The molecule has 1 N–H and O–H groups in total. The Balaban J connectivity index is 2.23. The van der Waals surface area contributed by atoms with Crippen molar-refractivity contribution in [1.82, 2.24) is 4.98 Å². The van der Waals surface area contributed by atoms with E-state index in [4.69, 9.17) is 21.1 Å². The van der Waals surface area contributed by atoms with E-state index < -0.39 is 0 Å². The molecule has 1 aromatic heterocycles. The van der Waals surface area contributed by atoms with E-state index in [0.29, 0.717) is 28.7 Å². The number of aromatic nitrogens is 1. The molecule has 0 atom stereocenters. The van der Waals surface area contributed by atoms with Gasteiger partial charge in [0.15, 0.2) is 11.5 Å². The minimum Gasteiger partial charge on any atom is -0.493 e. The van der Waals surface area contributed by atoms with Crippen LogP contribution in [0.25, 0.3) is 0 Å². The van der Waals surface area contributed by atoms with Crippen LogP contribution >= 0.6 is 22.9 Å². The van der Waals surface area contributed by atoms with Crippen LogP contribution < -0.4 is 9.47 Å². The second kappa shape index (κ2) is 6.23. The third-order valence-corrected chi connectivity index (χ3v) is 3.56. The molecule has 0 fully saturated rings. The maximum absolute atomic E-state index is 9.36. The Bertz CT molecular complexity index is 546. The first-order chi connectivity index (χ1) is 9.13. The number of thiazole rings is 1. The van der Waals surface area contributed by atoms with Crippen molar-refractivity contribution in [2.75, 3.05) is 7.11 Å². The molecule has 1 heterocycles. The van der Waals surface area contributed by atoms with Gasteiger partial charge in [-0.05, 0) is 13.0 Å². The molecule has 0 unspecified atom stereocenters. The smallest absolute Gasteiger partial charge is 0.167 e. The predicted octanol–water partition coefficient (Wildman–Crippen LogP) is 3.18. The van der Waals surface area contributed by atoms with Gasteiger partial charge in [0.1, 0.15) is 6.61 Å². The van der Waals surface area contributed by atoms with Gasteiger partial charge in [-0.25, -0.2) is 4.98 Å². The average molecular weight is 300 g/mol. The van der Waals surface area contributed by atoms with E-state index in [0.717, 1.165) is 10.7 Å². The fraction of sp³-hybridized carbons (Fsp3) is 0.308. The van der Waals surface area contributed by atoms with Gasteiger partial charge in [0, 0.05) is 22.0 Å². The minimum atomic E-state index is -0.164. The van der Waals surface area contributed by atoms with Crippen LogP contribution in [0.15, 0.2) is 17.5 Å². The summed E-state index contributed by atoms with van der Waals surface area (Å²) in [5.74, 6) is 1.00. The summed E-state index contributed by atoms with van der Waals surface area (Å²) in [6.45, 7) is 2.11. The Hall–Kier alpha value is -1.30. The lowest BCUT2D eigenvalue weighted by atomic mass is 10.2. The van der Waals surface area contributed by atoms with Crippen LogP contribution in [0.1, 0.15) is 16.3 Å². The third kappa shape index (κ3) is 3.37. The van der Waals surface area contributed by atoms with E-state index in [9.17, 15) is 5.11 Å². The number of benzene rings is 1. The topological polar surface area (TPSA) is 51.6 Å². The van der Waals surface area contributed by atoms with E-state index in [1.165, 1.54) is 7.11 Å². The van der Waals surface area contributed by atoms with Crippen LogP contribution in [0, 0.1) is 6.92 Å². The van der Waals surface area contributed by atoms with Crippen molar-refractivity contribution in [3.63, 3.8) is 0 Å². The Morgan fingerprint density at radius 2 is 2.21 bits per heavy atom. The van der Waals surface area contributed by atoms with Crippen LogP contribution in [0.4, 0.5) is 0 Å². The molecule has 6 heteroatoms. The molecular weight excluding hydrogens is 286 g/mol. The largest absolute Gasteiger partial charge is 0.493 e. The van der Waals surface area contributed by atoms with E-state index in [1.54, 1.807) is 23.5 Å². The standard InChI is InChI=1S/C13H14ClNO3S/c1-8-15-11(7-19-8)6-18-13-9(5-16)3-10(14)4-12(13)17-2/h3-4,7,16H,5-6H2,1-2H3. The first-order valence-corrected chi connectivity index (χ1v) is 6.91. The first-order valence-electron chi connectivity index (χ1n) is 5.65. The molecule has 0 aliphatic heterocycles. The van der Waals surface area contributed by atoms with Crippen molar-refractivity contribution in [3.8, 4) is 11.5 Å². The van der Waals surface area contributed by atoms with Crippen LogP contribution in [0.5, 0.6) is 11.5 Å². The number of aliphatic hydroxyl groups is 1. The van der Waals surface area contributed by atoms with E-state index in [2.05, 4.69) is 4.98 Å². The minimum absolute atomic E-state index is 0.164. The summed E-state index contributed by atoms with van der Waals surface area (Å²) < 4.78 is 10.9. The number of hydrogen-bond acceptors (Lipinski definition) is 5. The van der Waals surface area contributed by atoms with Crippen molar-refractivity contribution in [2.24, 2.45) is 0 Å². The van der Waals surface area contributed by atoms with E-state index in [1.807, 2.05) is 12.3 Å². The molecule has 0 radical (unpaired) electrons. The van der Waals surface area contributed by atoms with Crippen LogP contribution in [0.3, 0.4) is 0 Å². The maximum Gasteiger partial charge on any atom is 0.167 e. The number of aryl methyl sites for hydroxylation is 1. The highest BCUT2D eigenvalue weighted by Crippen LogP contribution is 2.35. The van der Waals surface area contributed by atoms with Crippen molar-refractivity contribution >= 4 is 22.9 Å². The number of methoxy groups -OCH3 is 1. The number of ether oxygens (including phenoxy) is 2. The number of halogens is 1. The fourth-order valence-electron chi connectivity index (χ4n) is 1.68. The van der Waals surface area contributed by atoms with Crippen LogP contribution in [0.2, 0.25) is 5.02 Å². The molecule has 0 saturated carbocycles. The normalized spacial score (nSPS) is 10.5. The summed E-state index contributed by atoms with van der Waals surface area (Å²) in [6, 6.07) is 3.31. The Morgan fingerprint density at radius 3 is 2.79 bits per heavy atom. The summed E-state index contributed by atoms with van der Waals surface area (Å²) in [5.41, 5.74) is 1.44. The average Bonchev–Trinajstić information content (AvgIpc) is 2.81. The highest BCUT2D eigenvalue weighted by atomic mass is 35.5. The lowest BCUT2D eigenvalue weighted by Gasteiger charge is -2.14. The molecule has 0 saturated heterocycles. The zero-order valence-electron chi connectivity index (χ0n) is 10.6. The number of rotatable bonds is 5. The van der Waals surface area contributed by atoms with Crippen molar-refractivity contribution in [3.05, 3.63) is 38.8 Å². The van der Waals surface area contributed by atoms with E-state index in [-0.39, 0.29) is 6.61 Å². The van der Waals surface area contributed by atoms with Gasteiger partial charge in [-0.3, -0.25) is 0 Å². The Labute approximate surface area is 120 Å². The molecule has 0 amide bonds. The molecule has 0 spiro atoms. The zero-order chi connectivity index (χ0) is 13.8. The molecule has 0 aliphatic rings. The molecule has 19 heavy (non-hydrogen) atoms. The van der Waals surface area contributed by atoms with Gasteiger partial charge < -0.3 is 14.6 Å². The van der Waals surface area contributed by atoms with Crippen LogP contribution in [-0.4, -0.2) is 17.2 Å². The summed E-state index contributed by atoms with van der Waals surface area (Å²) in [4.78, 5) is 4.32. The molecule has 1 aromatic carbocycles. The van der Waals surface area contributed by atoms with Gasteiger partial charge in [-0.15, -0.1) is 11.3 Å². The Kier molecular flexibility index (Phi) is 4.63. The molecular formula is C13H14ClNO3S. The molecule has 2 rings (SSSR count). The predicted molar refractivity (Wildman–Crippen MR) is 75.1 cm³/mol. The third-order valence-electron chi connectivity index (χ3n) is 2.52. The van der Waals surface area contributed by atoms with Gasteiger partial charge in [0.25, 0.3) is 0 Å². The Morgan fingerprint density at radius 1 is 1.42 bits per heavy atom. The molecule has 0 bridgehead atoms. The number of aliphatic hydroxyl groups excluding tert-OH is 1. The SMILES string of the molecule is COc1cc(Cl)cc(CO)c1OCc1csc(C)n1. The lowest BCUT2D eigenvalue weighted by molar-refractivity contribution is 0.248.